The molecule has 0 spiro atoms. The van der Waals surface area contributed by atoms with Gasteiger partial charge in [-0.05, 0) is 32.4 Å². The number of nitrogens with two attached hydrogens (primary N) is 1. The number of anilines is 2. The van der Waals surface area contributed by atoms with Gasteiger partial charge in [-0.3, -0.25) is 9.48 Å². The number of nitrogen functional groups attached to an aromatic ring is 1. The molecule has 3 N–H and O–H groups in total. The monoisotopic (exact) mass is 293 g/mol. The number of hydrogen-bond acceptors (Lipinski definition) is 4. The SMILES string of the molecule is Cc1cnc(Cl)c(NC(=O)Cn2nc(C)c(N)c2C)c1. The zero-order valence-corrected chi connectivity index (χ0v) is 12.3. The Hall–Kier alpha value is -2.08. The van der Waals surface area contributed by atoms with Crippen LogP contribution in [0.5, 0.6) is 0 Å². The average molecular weight is 294 g/mol. The summed E-state index contributed by atoms with van der Waals surface area (Å²) in [7, 11) is 0. The number of hydrogen-bond donors (Lipinski definition) is 2. The lowest BCUT2D eigenvalue weighted by atomic mass is 10.3. The van der Waals surface area contributed by atoms with Crippen LogP contribution < -0.4 is 11.1 Å². The lowest BCUT2D eigenvalue weighted by molar-refractivity contribution is -0.116. The fraction of sp³-hybridized carbons (Fsp3) is 0.308. The largest absolute Gasteiger partial charge is 0.396 e. The summed E-state index contributed by atoms with van der Waals surface area (Å²) in [6, 6.07) is 1.77. The van der Waals surface area contributed by atoms with E-state index in [-0.39, 0.29) is 17.6 Å². The van der Waals surface area contributed by atoms with E-state index in [0.29, 0.717) is 17.1 Å². The Morgan fingerprint density at radius 2 is 2.15 bits per heavy atom. The molecular weight excluding hydrogens is 278 g/mol. The van der Waals surface area contributed by atoms with E-state index >= 15 is 0 Å². The molecule has 0 fully saturated rings. The summed E-state index contributed by atoms with van der Waals surface area (Å²) in [5.41, 5.74) is 9.33. The molecule has 0 aliphatic heterocycles. The van der Waals surface area contributed by atoms with Crippen molar-refractivity contribution in [3.05, 3.63) is 34.4 Å². The van der Waals surface area contributed by atoms with Crippen LogP contribution in [0.3, 0.4) is 0 Å². The number of rotatable bonds is 3. The van der Waals surface area contributed by atoms with Gasteiger partial charge in [-0.25, -0.2) is 4.98 Å². The molecular formula is C13H16ClN5O. The number of aryl methyl sites for hydroxylation is 2. The summed E-state index contributed by atoms with van der Waals surface area (Å²) in [6.07, 6.45) is 1.64. The smallest absolute Gasteiger partial charge is 0.246 e. The van der Waals surface area contributed by atoms with Gasteiger partial charge in [-0.15, -0.1) is 0 Å². The van der Waals surface area contributed by atoms with Crippen LogP contribution in [-0.4, -0.2) is 20.7 Å². The summed E-state index contributed by atoms with van der Waals surface area (Å²) in [4.78, 5) is 16.0. The van der Waals surface area contributed by atoms with E-state index in [9.17, 15) is 4.79 Å². The third-order valence-corrected chi connectivity index (χ3v) is 3.28. The number of halogens is 1. The zero-order valence-electron chi connectivity index (χ0n) is 11.6. The summed E-state index contributed by atoms with van der Waals surface area (Å²) in [6.45, 7) is 5.58. The Bertz CT molecular complexity index is 665. The van der Waals surface area contributed by atoms with Gasteiger partial charge in [0.15, 0.2) is 5.15 Å². The molecule has 2 heterocycles. The Balaban J connectivity index is 2.13. The third kappa shape index (κ3) is 2.91. The van der Waals surface area contributed by atoms with E-state index in [2.05, 4.69) is 15.4 Å². The topological polar surface area (TPSA) is 85.8 Å². The number of amides is 1. The second kappa shape index (κ2) is 5.50. The van der Waals surface area contributed by atoms with Gasteiger partial charge in [-0.2, -0.15) is 5.10 Å². The Morgan fingerprint density at radius 1 is 1.45 bits per heavy atom. The molecule has 7 heteroatoms. The molecule has 2 rings (SSSR count). The first-order chi connectivity index (χ1) is 9.38. The Kier molecular flexibility index (Phi) is 3.94. The molecule has 6 nitrogen and oxygen atoms in total. The minimum absolute atomic E-state index is 0.0775. The summed E-state index contributed by atoms with van der Waals surface area (Å²) in [5, 5.41) is 7.19. The summed E-state index contributed by atoms with van der Waals surface area (Å²) >= 11 is 5.94. The van der Waals surface area contributed by atoms with Crippen LogP contribution in [0, 0.1) is 20.8 Å². The highest BCUT2D eigenvalue weighted by molar-refractivity contribution is 6.32. The molecule has 20 heavy (non-hydrogen) atoms. The Labute approximate surface area is 121 Å². The Morgan fingerprint density at radius 3 is 2.75 bits per heavy atom. The highest BCUT2D eigenvalue weighted by Crippen LogP contribution is 2.20. The van der Waals surface area contributed by atoms with Crippen molar-refractivity contribution in [1.29, 1.82) is 0 Å². The summed E-state index contributed by atoms with van der Waals surface area (Å²) in [5.74, 6) is -0.232. The third-order valence-electron chi connectivity index (χ3n) is 2.98. The van der Waals surface area contributed by atoms with Crippen molar-refractivity contribution in [2.45, 2.75) is 27.3 Å². The molecule has 0 radical (unpaired) electrons. The van der Waals surface area contributed by atoms with E-state index in [4.69, 9.17) is 17.3 Å². The predicted octanol–water partition coefficient (Wildman–Crippen LogP) is 2.08. The second-order valence-electron chi connectivity index (χ2n) is 4.64. The first-order valence-electron chi connectivity index (χ1n) is 6.10. The molecule has 0 saturated carbocycles. The molecule has 0 aromatic carbocycles. The van der Waals surface area contributed by atoms with Gasteiger partial charge in [0, 0.05) is 6.20 Å². The molecule has 0 atom stereocenters. The van der Waals surface area contributed by atoms with Crippen LogP contribution in [0.1, 0.15) is 17.0 Å². The minimum Gasteiger partial charge on any atom is -0.396 e. The highest BCUT2D eigenvalue weighted by Gasteiger charge is 2.13. The van der Waals surface area contributed by atoms with Gasteiger partial charge in [0.1, 0.15) is 6.54 Å². The lowest BCUT2D eigenvalue weighted by Gasteiger charge is -2.08. The van der Waals surface area contributed by atoms with Gasteiger partial charge in [-0.1, -0.05) is 11.6 Å². The molecule has 2 aromatic rings. The van der Waals surface area contributed by atoms with Gasteiger partial charge >= 0.3 is 0 Å². The van der Waals surface area contributed by atoms with Gasteiger partial charge in [0.05, 0.1) is 22.8 Å². The molecule has 1 amide bonds. The van der Waals surface area contributed by atoms with Crippen LogP contribution in [0.25, 0.3) is 0 Å². The van der Waals surface area contributed by atoms with E-state index in [1.807, 2.05) is 13.8 Å². The van der Waals surface area contributed by atoms with Gasteiger partial charge in [0.2, 0.25) is 5.91 Å². The zero-order chi connectivity index (χ0) is 14.9. The van der Waals surface area contributed by atoms with E-state index in [1.54, 1.807) is 23.9 Å². The van der Waals surface area contributed by atoms with Crippen molar-refractivity contribution >= 4 is 28.9 Å². The van der Waals surface area contributed by atoms with Crippen molar-refractivity contribution in [2.24, 2.45) is 0 Å². The quantitative estimate of drug-likeness (QED) is 0.848. The van der Waals surface area contributed by atoms with Crippen LogP contribution >= 0.6 is 11.6 Å². The number of aromatic nitrogens is 3. The van der Waals surface area contributed by atoms with E-state index in [0.717, 1.165) is 11.3 Å². The molecule has 0 aliphatic carbocycles. The second-order valence-corrected chi connectivity index (χ2v) is 5.00. The number of carbonyl (C=O) groups excluding carboxylic acids is 1. The first kappa shape index (κ1) is 14.3. The average Bonchev–Trinajstić information content (AvgIpc) is 2.61. The maximum atomic E-state index is 12.0. The lowest BCUT2D eigenvalue weighted by Crippen LogP contribution is -2.20. The number of carbonyl (C=O) groups is 1. The maximum absolute atomic E-state index is 12.0. The summed E-state index contributed by atoms with van der Waals surface area (Å²) < 4.78 is 1.57. The van der Waals surface area contributed by atoms with Crippen LogP contribution in [0.4, 0.5) is 11.4 Å². The molecule has 0 saturated heterocycles. The number of pyridine rings is 1. The standard InChI is InChI=1S/C13H16ClN5O/c1-7-4-10(13(14)16-5-7)17-11(20)6-19-9(3)12(15)8(2)18-19/h4-5H,6,15H2,1-3H3,(H,17,20). The molecule has 106 valence electrons. The van der Waals surface area contributed by atoms with Crippen molar-refractivity contribution in [3.63, 3.8) is 0 Å². The van der Waals surface area contributed by atoms with E-state index < -0.39 is 0 Å². The van der Waals surface area contributed by atoms with Crippen LogP contribution in [-0.2, 0) is 11.3 Å². The fourth-order valence-electron chi connectivity index (χ4n) is 1.83. The molecule has 0 unspecified atom stereocenters. The molecule has 0 bridgehead atoms. The fourth-order valence-corrected chi connectivity index (χ4v) is 1.98. The van der Waals surface area contributed by atoms with Crippen molar-refractivity contribution in [2.75, 3.05) is 11.1 Å². The van der Waals surface area contributed by atoms with Gasteiger partial charge < -0.3 is 11.1 Å². The highest BCUT2D eigenvalue weighted by atomic mass is 35.5. The van der Waals surface area contributed by atoms with Crippen molar-refractivity contribution < 1.29 is 4.79 Å². The normalized spacial score (nSPS) is 10.6. The number of nitrogens with one attached hydrogen (secondary N) is 1. The van der Waals surface area contributed by atoms with Crippen LogP contribution in [0.15, 0.2) is 12.3 Å². The van der Waals surface area contributed by atoms with Gasteiger partial charge in [0.25, 0.3) is 0 Å². The van der Waals surface area contributed by atoms with E-state index in [1.165, 1.54) is 0 Å². The first-order valence-corrected chi connectivity index (χ1v) is 6.47. The molecule has 2 aromatic heterocycles. The number of nitrogens with zero attached hydrogens (tertiary/aromatic N) is 3. The van der Waals surface area contributed by atoms with Crippen molar-refractivity contribution in [1.82, 2.24) is 14.8 Å². The predicted molar refractivity (Wildman–Crippen MR) is 78.7 cm³/mol. The van der Waals surface area contributed by atoms with Crippen molar-refractivity contribution in [3.8, 4) is 0 Å². The van der Waals surface area contributed by atoms with Crippen LogP contribution in [0.2, 0.25) is 5.15 Å². The minimum atomic E-state index is -0.232. The molecule has 0 aliphatic rings. The maximum Gasteiger partial charge on any atom is 0.246 e.